The quantitative estimate of drug-likeness (QED) is 0.461. The van der Waals surface area contributed by atoms with Crippen LogP contribution in [0.25, 0.3) is 11.1 Å². The maximum Gasteiger partial charge on any atom is 0.221 e. The molecule has 4 rings (SSSR count). The van der Waals surface area contributed by atoms with Gasteiger partial charge in [0.1, 0.15) is 5.75 Å². The minimum atomic E-state index is -3.49. The summed E-state index contributed by atoms with van der Waals surface area (Å²) >= 11 is 12.4. The molecule has 178 valence electrons. The van der Waals surface area contributed by atoms with E-state index in [-0.39, 0.29) is 17.1 Å². The zero-order valence-electron chi connectivity index (χ0n) is 18.4. The summed E-state index contributed by atoms with van der Waals surface area (Å²) in [7, 11) is -3.49. The number of nitrogens with two attached hydrogens (primary N) is 1. The standard InChI is InChI=1S/C25H23Cl2NO5S/c1-2-34(30,31)23-10-3-16(12-24(28)29)11-20(23)17-4-7-19(8-5-17)33-25(14-32-15-25)21-9-6-18(26)13-22(21)27/h3-11,13H,2,12,14-15H2,1H3,(H2,28,29). The lowest BCUT2D eigenvalue weighted by Gasteiger charge is -2.42. The van der Waals surface area contributed by atoms with Crippen molar-refractivity contribution in [2.75, 3.05) is 19.0 Å². The molecule has 1 aliphatic rings. The van der Waals surface area contributed by atoms with Crippen LogP contribution in [0, 0.1) is 0 Å². The van der Waals surface area contributed by atoms with E-state index in [9.17, 15) is 13.2 Å². The monoisotopic (exact) mass is 519 g/mol. The van der Waals surface area contributed by atoms with Crippen LogP contribution in [0.3, 0.4) is 0 Å². The smallest absolute Gasteiger partial charge is 0.221 e. The third-order valence-electron chi connectivity index (χ3n) is 5.71. The Bertz CT molecular complexity index is 1340. The van der Waals surface area contributed by atoms with Crippen molar-refractivity contribution in [1.82, 2.24) is 0 Å². The van der Waals surface area contributed by atoms with Gasteiger partial charge in [0.25, 0.3) is 0 Å². The van der Waals surface area contributed by atoms with Gasteiger partial charge in [0.05, 0.1) is 30.3 Å². The van der Waals surface area contributed by atoms with Crippen LogP contribution >= 0.6 is 23.2 Å². The van der Waals surface area contributed by atoms with Crippen LogP contribution in [-0.4, -0.2) is 33.3 Å². The molecular formula is C25H23Cl2NO5S. The number of benzene rings is 3. The summed E-state index contributed by atoms with van der Waals surface area (Å²) in [5.41, 5.74) is 7.20. The Morgan fingerprint density at radius 1 is 1.06 bits per heavy atom. The predicted molar refractivity (Wildman–Crippen MR) is 132 cm³/mol. The molecule has 1 aliphatic heterocycles. The van der Waals surface area contributed by atoms with Crippen molar-refractivity contribution < 1.29 is 22.7 Å². The summed E-state index contributed by atoms with van der Waals surface area (Å²) in [6.07, 6.45) is 0.0189. The molecule has 6 nitrogen and oxygen atoms in total. The molecule has 0 atom stereocenters. The van der Waals surface area contributed by atoms with E-state index in [0.717, 1.165) is 5.56 Å². The second-order valence-corrected chi connectivity index (χ2v) is 11.2. The lowest BCUT2D eigenvalue weighted by molar-refractivity contribution is -0.167. The molecule has 0 saturated carbocycles. The van der Waals surface area contributed by atoms with Crippen LogP contribution in [0.5, 0.6) is 5.75 Å². The van der Waals surface area contributed by atoms with Gasteiger partial charge in [-0.2, -0.15) is 0 Å². The number of ether oxygens (including phenoxy) is 2. The Labute approximate surface area is 208 Å². The van der Waals surface area contributed by atoms with Crippen LogP contribution in [0.2, 0.25) is 10.0 Å². The summed E-state index contributed by atoms with van der Waals surface area (Å²) in [6.45, 7) is 2.27. The number of rotatable bonds is 8. The minimum Gasteiger partial charge on any atom is -0.478 e. The summed E-state index contributed by atoms with van der Waals surface area (Å²) < 4.78 is 37.1. The highest BCUT2D eigenvalue weighted by Crippen LogP contribution is 2.40. The summed E-state index contributed by atoms with van der Waals surface area (Å²) in [5.74, 6) is 0.0433. The molecule has 3 aromatic carbocycles. The zero-order chi connectivity index (χ0) is 24.5. The predicted octanol–water partition coefficient (Wildman–Crippen LogP) is 4.79. The Morgan fingerprint density at radius 2 is 1.76 bits per heavy atom. The molecule has 9 heteroatoms. The molecule has 34 heavy (non-hydrogen) atoms. The van der Waals surface area contributed by atoms with Gasteiger partial charge in [-0.3, -0.25) is 4.79 Å². The third kappa shape index (κ3) is 4.93. The van der Waals surface area contributed by atoms with E-state index in [1.165, 1.54) is 6.07 Å². The highest BCUT2D eigenvalue weighted by molar-refractivity contribution is 7.91. The molecule has 1 fully saturated rings. The Morgan fingerprint density at radius 3 is 2.32 bits per heavy atom. The van der Waals surface area contributed by atoms with Crippen molar-refractivity contribution in [2.45, 2.75) is 23.8 Å². The Balaban J connectivity index is 1.68. The van der Waals surface area contributed by atoms with Gasteiger partial charge in [0, 0.05) is 21.2 Å². The molecule has 0 unspecified atom stereocenters. The number of hydrogen-bond donors (Lipinski definition) is 1. The van der Waals surface area contributed by atoms with Gasteiger partial charge in [-0.15, -0.1) is 0 Å². The van der Waals surface area contributed by atoms with E-state index in [1.54, 1.807) is 55.5 Å². The van der Waals surface area contributed by atoms with Crippen LogP contribution in [-0.2, 0) is 31.4 Å². The van der Waals surface area contributed by atoms with E-state index in [4.69, 9.17) is 38.4 Å². The van der Waals surface area contributed by atoms with Gasteiger partial charge in [0.15, 0.2) is 15.4 Å². The fourth-order valence-electron chi connectivity index (χ4n) is 3.88. The van der Waals surface area contributed by atoms with Crippen molar-refractivity contribution in [2.24, 2.45) is 5.73 Å². The number of hydrogen-bond acceptors (Lipinski definition) is 5. The van der Waals surface area contributed by atoms with Gasteiger partial charge in [-0.25, -0.2) is 8.42 Å². The molecule has 3 aromatic rings. The number of amides is 1. The van der Waals surface area contributed by atoms with Gasteiger partial charge >= 0.3 is 0 Å². The zero-order valence-corrected chi connectivity index (χ0v) is 20.7. The van der Waals surface area contributed by atoms with Gasteiger partial charge in [-0.05, 0) is 47.5 Å². The second kappa shape index (κ2) is 9.58. The molecule has 0 aliphatic carbocycles. The third-order valence-corrected chi connectivity index (χ3v) is 8.04. The number of carbonyl (C=O) groups is 1. The molecule has 0 aromatic heterocycles. The molecule has 1 heterocycles. The highest BCUT2D eigenvalue weighted by Gasteiger charge is 2.44. The van der Waals surface area contributed by atoms with Crippen molar-refractivity contribution in [3.63, 3.8) is 0 Å². The van der Waals surface area contributed by atoms with Crippen molar-refractivity contribution in [3.05, 3.63) is 81.8 Å². The molecule has 0 bridgehead atoms. The molecule has 0 radical (unpaired) electrons. The second-order valence-electron chi connectivity index (χ2n) is 8.11. The van der Waals surface area contributed by atoms with Crippen molar-refractivity contribution >= 4 is 38.9 Å². The van der Waals surface area contributed by atoms with Gasteiger partial charge in [-0.1, -0.05) is 54.4 Å². The molecular weight excluding hydrogens is 497 g/mol. The van der Waals surface area contributed by atoms with Gasteiger partial charge < -0.3 is 15.2 Å². The summed E-state index contributed by atoms with van der Waals surface area (Å²) in [5, 5.41) is 1.03. The van der Waals surface area contributed by atoms with Crippen molar-refractivity contribution in [3.8, 4) is 16.9 Å². The summed E-state index contributed by atoms with van der Waals surface area (Å²) in [4.78, 5) is 11.6. The first-order valence-corrected chi connectivity index (χ1v) is 13.0. The average Bonchev–Trinajstić information content (AvgIpc) is 2.76. The first-order valence-electron chi connectivity index (χ1n) is 10.6. The fourth-order valence-corrected chi connectivity index (χ4v) is 5.56. The van der Waals surface area contributed by atoms with Crippen LogP contribution in [0.1, 0.15) is 18.1 Å². The normalized spacial score (nSPS) is 14.9. The largest absolute Gasteiger partial charge is 0.478 e. The first kappa shape index (κ1) is 24.5. The number of halogens is 2. The maximum atomic E-state index is 12.7. The van der Waals surface area contributed by atoms with Crippen LogP contribution < -0.4 is 10.5 Å². The maximum absolute atomic E-state index is 12.7. The minimum absolute atomic E-state index is 0.0189. The topological polar surface area (TPSA) is 95.7 Å². The fraction of sp³-hybridized carbons (Fsp3) is 0.240. The van der Waals surface area contributed by atoms with E-state index in [0.29, 0.717) is 45.7 Å². The lowest BCUT2D eigenvalue weighted by Crippen LogP contribution is -2.51. The molecule has 2 N–H and O–H groups in total. The lowest BCUT2D eigenvalue weighted by atomic mass is 9.91. The molecule has 1 amide bonds. The van der Waals surface area contributed by atoms with Crippen molar-refractivity contribution in [1.29, 1.82) is 0 Å². The van der Waals surface area contributed by atoms with Crippen LogP contribution in [0.15, 0.2) is 65.6 Å². The Hall–Kier alpha value is -2.58. The Kier molecular flexibility index (Phi) is 6.92. The average molecular weight is 520 g/mol. The first-order chi connectivity index (χ1) is 16.1. The molecule has 1 saturated heterocycles. The van der Waals surface area contributed by atoms with Gasteiger partial charge in [0.2, 0.25) is 5.91 Å². The SMILES string of the molecule is CCS(=O)(=O)c1ccc(CC(N)=O)cc1-c1ccc(OC2(c3ccc(Cl)cc3Cl)COC2)cc1. The number of sulfone groups is 1. The summed E-state index contributed by atoms with van der Waals surface area (Å²) in [6, 6.07) is 17.2. The molecule has 0 spiro atoms. The van der Waals surface area contributed by atoms with E-state index >= 15 is 0 Å². The van der Waals surface area contributed by atoms with Crippen LogP contribution in [0.4, 0.5) is 0 Å². The number of primary amides is 1. The highest BCUT2D eigenvalue weighted by atomic mass is 35.5. The van der Waals surface area contributed by atoms with E-state index in [1.807, 2.05) is 6.07 Å². The number of carbonyl (C=O) groups excluding carboxylic acids is 1. The van der Waals surface area contributed by atoms with E-state index < -0.39 is 21.3 Å². The van der Waals surface area contributed by atoms with E-state index in [2.05, 4.69) is 0 Å².